The lowest BCUT2D eigenvalue weighted by Crippen LogP contribution is -2.53. The number of halogens is 4. The van der Waals surface area contributed by atoms with Gasteiger partial charge in [0.15, 0.2) is 0 Å². The highest BCUT2D eigenvalue weighted by Crippen LogP contribution is 2.42. The number of likely N-dealkylation sites (tertiary alicyclic amines) is 1. The van der Waals surface area contributed by atoms with Crippen LogP contribution in [-0.4, -0.2) is 66.8 Å². The van der Waals surface area contributed by atoms with E-state index in [1.165, 1.54) is 12.1 Å². The average Bonchev–Trinajstić information content (AvgIpc) is 2.99. The van der Waals surface area contributed by atoms with Crippen LogP contribution in [0.15, 0.2) is 78.9 Å². The van der Waals surface area contributed by atoms with E-state index >= 15 is 0 Å². The summed E-state index contributed by atoms with van der Waals surface area (Å²) < 4.78 is 45.9. The molecule has 9 heteroatoms. The highest BCUT2D eigenvalue weighted by Gasteiger charge is 2.45. The van der Waals surface area contributed by atoms with E-state index in [1.807, 2.05) is 65.6 Å². The summed E-state index contributed by atoms with van der Waals surface area (Å²) in [6, 6.07) is 23.3. The Hall–Kier alpha value is -2.91. The fourth-order valence-corrected chi connectivity index (χ4v) is 6.31. The number of aliphatic hydroxyl groups is 1. The van der Waals surface area contributed by atoms with E-state index in [4.69, 9.17) is 16.3 Å². The lowest BCUT2D eigenvalue weighted by molar-refractivity contribution is -0.140. The zero-order chi connectivity index (χ0) is 29.1. The minimum absolute atomic E-state index is 0.0348. The van der Waals surface area contributed by atoms with Crippen LogP contribution in [0.5, 0.6) is 0 Å². The number of piperidine rings is 1. The highest BCUT2D eigenvalue weighted by molar-refractivity contribution is 6.31. The molecule has 1 N–H and O–H groups in total. The Bertz CT molecular complexity index is 1280. The van der Waals surface area contributed by atoms with Crippen LogP contribution < -0.4 is 0 Å². The molecule has 0 aliphatic carbocycles. The molecule has 41 heavy (non-hydrogen) atoms. The van der Waals surface area contributed by atoms with Gasteiger partial charge >= 0.3 is 6.18 Å². The van der Waals surface area contributed by atoms with E-state index in [1.54, 1.807) is 0 Å². The van der Waals surface area contributed by atoms with Crippen molar-refractivity contribution in [3.63, 3.8) is 0 Å². The lowest BCUT2D eigenvalue weighted by atomic mass is 9.70. The molecule has 3 aromatic rings. The van der Waals surface area contributed by atoms with Gasteiger partial charge in [0.2, 0.25) is 5.91 Å². The largest absolute Gasteiger partial charge is 0.417 e. The molecule has 5 rings (SSSR count). The molecule has 3 aromatic carbocycles. The summed E-state index contributed by atoms with van der Waals surface area (Å²) in [7, 11) is 0. The van der Waals surface area contributed by atoms with Crippen LogP contribution in [0.4, 0.5) is 13.2 Å². The molecule has 1 amide bonds. The Morgan fingerprint density at radius 3 is 1.98 bits per heavy atom. The monoisotopic (exact) mass is 586 g/mol. The molecule has 2 aliphatic heterocycles. The summed E-state index contributed by atoms with van der Waals surface area (Å²) in [5, 5.41) is 11.0. The number of hydrogen-bond acceptors (Lipinski definition) is 4. The minimum Gasteiger partial charge on any atom is -0.385 e. The van der Waals surface area contributed by atoms with Crippen LogP contribution in [0.2, 0.25) is 5.02 Å². The second-order valence-corrected chi connectivity index (χ2v) is 11.3. The SMILES string of the molecule is O=C(N1CCOCC1)C(CCN1CCC(O)(c2ccc(Cl)c(C(F)(F)F)c2)CC1)(c1ccccc1)c1ccccc1. The smallest absolute Gasteiger partial charge is 0.385 e. The number of hydrogen-bond donors (Lipinski definition) is 1. The Labute approximate surface area is 243 Å². The molecular formula is C32H34ClF3N2O3. The summed E-state index contributed by atoms with van der Waals surface area (Å²) >= 11 is 5.81. The third-order valence-corrected chi connectivity index (χ3v) is 8.82. The van der Waals surface area contributed by atoms with Crippen LogP contribution in [-0.2, 0) is 26.7 Å². The van der Waals surface area contributed by atoms with Gasteiger partial charge in [0, 0.05) is 26.2 Å². The first-order valence-electron chi connectivity index (χ1n) is 13.9. The van der Waals surface area contributed by atoms with Gasteiger partial charge in [-0.15, -0.1) is 0 Å². The molecular weight excluding hydrogens is 553 g/mol. The second kappa shape index (κ2) is 12.1. The molecule has 0 unspecified atom stereocenters. The van der Waals surface area contributed by atoms with Crippen molar-refractivity contribution in [2.75, 3.05) is 45.9 Å². The number of ether oxygens (including phenoxy) is 1. The number of nitrogens with zero attached hydrogens (tertiary/aromatic N) is 2. The van der Waals surface area contributed by atoms with Crippen molar-refractivity contribution in [2.45, 2.75) is 36.5 Å². The molecule has 0 aromatic heterocycles. The van der Waals surface area contributed by atoms with Crippen molar-refractivity contribution < 1.29 is 27.8 Å². The predicted molar refractivity (Wildman–Crippen MR) is 152 cm³/mol. The van der Waals surface area contributed by atoms with E-state index < -0.39 is 22.8 Å². The summed E-state index contributed by atoms with van der Waals surface area (Å²) in [5.74, 6) is 0.0348. The first-order valence-corrected chi connectivity index (χ1v) is 14.3. The number of benzene rings is 3. The Morgan fingerprint density at radius 2 is 1.44 bits per heavy atom. The fourth-order valence-electron chi connectivity index (χ4n) is 6.08. The van der Waals surface area contributed by atoms with Crippen molar-refractivity contribution >= 4 is 17.5 Å². The van der Waals surface area contributed by atoms with Gasteiger partial charge in [-0.1, -0.05) is 78.3 Å². The van der Waals surface area contributed by atoms with Crippen LogP contribution >= 0.6 is 11.6 Å². The van der Waals surface area contributed by atoms with Gasteiger partial charge in [0.25, 0.3) is 0 Å². The molecule has 0 saturated carbocycles. The van der Waals surface area contributed by atoms with E-state index in [2.05, 4.69) is 4.90 Å². The lowest BCUT2D eigenvalue weighted by Gasteiger charge is -2.43. The molecule has 0 spiro atoms. The van der Waals surface area contributed by atoms with Crippen LogP contribution in [0.1, 0.15) is 41.5 Å². The zero-order valence-corrected chi connectivity index (χ0v) is 23.5. The molecule has 2 heterocycles. The molecule has 5 nitrogen and oxygen atoms in total. The van der Waals surface area contributed by atoms with Gasteiger partial charge in [-0.05, 0) is 54.6 Å². The van der Waals surface area contributed by atoms with E-state index in [0.29, 0.717) is 52.4 Å². The topological polar surface area (TPSA) is 53.0 Å². The summed E-state index contributed by atoms with van der Waals surface area (Å²) in [5.41, 5.74) is -1.20. The summed E-state index contributed by atoms with van der Waals surface area (Å²) in [6.07, 6.45) is -3.55. The van der Waals surface area contributed by atoms with Crippen molar-refractivity contribution in [3.05, 3.63) is 106 Å². The summed E-state index contributed by atoms with van der Waals surface area (Å²) in [6.45, 7) is 3.58. The molecule has 2 fully saturated rings. The van der Waals surface area contributed by atoms with Gasteiger partial charge < -0.3 is 19.6 Å². The van der Waals surface area contributed by atoms with E-state index in [-0.39, 0.29) is 29.3 Å². The molecule has 0 atom stereocenters. The van der Waals surface area contributed by atoms with E-state index in [0.717, 1.165) is 17.2 Å². The quantitative estimate of drug-likeness (QED) is 0.376. The van der Waals surface area contributed by atoms with Gasteiger partial charge in [0.1, 0.15) is 5.41 Å². The van der Waals surface area contributed by atoms with Crippen LogP contribution in [0.3, 0.4) is 0 Å². The normalized spacial score (nSPS) is 18.3. The molecule has 0 radical (unpaired) electrons. The second-order valence-electron chi connectivity index (χ2n) is 10.9. The van der Waals surface area contributed by atoms with Gasteiger partial charge in [-0.2, -0.15) is 13.2 Å². The molecule has 218 valence electrons. The van der Waals surface area contributed by atoms with Crippen molar-refractivity contribution in [3.8, 4) is 0 Å². The predicted octanol–water partition coefficient (Wildman–Crippen LogP) is 5.88. The molecule has 2 saturated heterocycles. The number of alkyl halides is 3. The number of carbonyl (C=O) groups is 1. The number of morpholine rings is 1. The fraction of sp³-hybridized carbons (Fsp3) is 0.406. The number of carbonyl (C=O) groups excluding carboxylic acids is 1. The average molecular weight is 587 g/mol. The maximum Gasteiger partial charge on any atom is 0.417 e. The Morgan fingerprint density at radius 1 is 0.878 bits per heavy atom. The standard InChI is InChI=1S/C32H34ClF3N2O3/c33-28-12-11-26(23-27(28)32(34,35)36)30(40)13-16-37(17-14-30)18-15-31(24-7-3-1-4-8-24,25-9-5-2-6-10-25)29(39)38-19-21-41-22-20-38/h1-12,23,40H,13-22H2. The Kier molecular flexibility index (Phi) is 8.76. The summed E-state index contributed by atoms with van der Waals surface area (Å²) in [4.78, 5) is 18.5. The minimum atomic E-state index is -4.60. The third kappa shape index (κ3) is 6.16. The molecule has 2 aliphatic rings. The third-order valence-electron chi connectivity index (χ3n) is 8.49. The Balaban J connectivity index is 1.39. The first kappa shape index (κ1) is 29.6. The van der Waals surface area contributed by atoms with Crippen LogP contribution in [0, 0.1) is 0 Å². The zero-order valence-electron chi connectivity index (χ0n) is 22.7. The van der Waals surface area contributed by atoms with Gasteiger partial charge in [-0.25, -0.2) is 0 Å². The van der Waals surface area contributed by atoms with Crippen molar-refractivity contribution in [1.29, 1.82) is 0 Å². The van der Waals surface area contributed by atoms with Gasteiger partial charge in [0.05, 0.1) is 29.4 Å². The highest BCUT2D eigenvalue weighted by atomic mass is 35.5. The maximum absolute atomic E-state index is 14.4. The number of amides is 1. The maximum atomic E-state index is 14.4. The number of rotatable bonds is 7. The van der Waals surface area contributed by atoms with Crippen molar-refractivity contribution in [1.82, 2.24) is 9.80 Å². The first-order chi connectivity index (χ1) is 19.6. The van der Waals surface area contributed by atoms with E-state index in [9.17, 15) is 23.1 Å². The van der Waals surface area contributed by atoms with Gasteiger partial charge in [-0.3, -0.25) is 4.79 Å². The molecule has 0 bridgehead atoms. The van der Waals surface area contributed by atoms with Crippen molar-refractivity contribution in [2.24, 2.45) is 0 Å². The van der Waals surface area contributed by atoms with Crippen LogP contribution in [0.25, 0.3) is 0 Å².